The van der Waals surface area contributed by atoms with Crippen molar-refractivity contribution in [3.63, 3.8) is 0 Å². The molecule has 2 aromatic rings. The predicted molar refractivity (Wildman–Crippen MR) is 127 cm³/mol. The highest BCUT2D eigenvalue weighted by Crippen LogP contribution is 2.40. The van der Waals surface area contributed by atoms with E-state index in [0.717, 1.165) is 61.5 Å². The zero-order valence-electron chi connectivity index (χ0n) is 19.5. The second kappa shape index (κ2) is 12.0. The van der Waals surface area contributed by atoms with Crippen LogP contribution in [-0.2, 0) is 20.9 Å². The number of benzene rings is 1. The molecule has 0 spiro atoms. The quantitative estimate of drug-likeness (QED) is 0.455. The van der Waals surface area contributed by atoms with Crippen LogP contribution >= 0.6 is 0 Å². The highest BCUT2D eigenvalue weighted by Gasteiger charge is 2.27. The maximum absolute atomic E-state index is 11.4. The Hall–Kier alpha value is -2.44. The van der Waals surface area contributed by atoms with Crippen molar-refractivity contribution < 1.29 is 19.4 Å². The Bertz CT molecular complexity index is 863. The topological polar surface area (TPSA) is 80.7 Å². The fraction of sp³-hybridized carbons (Fsp3) is 0.538. The number of methoxy groups -OCH3 is 1. The number of anilines is 2. The Morgan fingerprint density at radius 2 is 2.00 bits per heavy atom. The number of pyridine rings is 1. The van der Waals surface area contributed by atoms with Crippen molar-refractivity contribution in [2.75, 3.05) is 25.6 Å². The second-order valence-electron chi connectivity index (χ2n) is 8.61. The molecule has 0 aliphatic carbocycles. The Morgan fingerprint density at radius 3 is 2.59 bits per heavy atom. The van der Waals surface area contributed by atoms with Crippen molar-refractivity contribution in [2.45, 2.75) is 64.4 Å². The SMILES string of the molecule is CCC(CC(=O)O)c1ccc(C(CC)C2CCOCC2)c(Nc2ccc(COC)nc2)c1. The van der Waals surface area contributed by atoms with Gasteiger partial charge in [-0.2, -0.15) is 0 Å². The number of carboxylic acid groups (broad SMARTS) is 1. The largest absolute Gasteiger partial charge is 0.481 e. The standard InChI is InChI=1S/C26H36N2O4/c1-4-18(15-26(29)30)20-6-9-24(23(5-2)19-10-12-32-13-11-19)25(14-20)28-21-7-8-22(17-31-3)27-16-21/h6-9,14,16,18-19,23,28H,4-5,10-13,15,17H2,1-3H3,(H,29,30). The van der Waals surface area contributed by atoms with Crippen LogP contribution in [-0.4, -0.2) is 36.4 Å². The second-order valence-corrected chi connectivity index (χ2v) is 8.61. The molecule has 6 heteroatoms. The minimum Gasteiger partial charge on any atom is -0.481 e. The van der Waals surface area contributed by atoms with Gasteiger partial charge in [0.25, 0.3) is 0 Å². The number of carboxylic acids is 1. The summed E-state index contributed by atoms with van der Waals surface area (Å²) in [5.41, 5.74) is 5.19. The molecule has 3 rings (SSSR count). The average Bonchev–Trinajstić information content (AvgIpc) is 2.81. The molecule has 2 N–H and O–H groups in total. The normalized spacial score (nSPS) is 16.5. The number of ether oxygens (including phenoxy) is 2. The summed E-state index contributed by atoms with van der Waals surface area (Å²) in [6.45, 7) is 6.42. The van der Waals surface area contributed by atoms with E-state index in [9.17, 15) is 9.90 Å². The van der Waals surface area contributed by atoms with Gasteiger partial charge in [-0.05, 0) is 72.8 Å². The number of carbonyl (C=O) groups is 1. The summed E-state index contributed by atoms with van der Waals surface area (Å²) < 4.78 is 10.8. The van der Waals surface area contributed by atoms with Crippen molar-refractivity contribution in [1.82, 2.24) is 4.98 Å². The van der Waals surface area contributed by atoms with Crippen molar-refractivity contribution in [1.29, 1.82) is 0 Å². The van der Waals surface area contributed by atoms with E-state index in [-0.39, 0.29) is 12.3 Å². The van der Waals surface area contributed by atoms with E-state index >= 15 is 0 Å². The Kier molecular flexibility index (Phi) is 9.06. The van der Waals surface area contributed by atoms with Gasteiger partial charge in [0.1, 0.15) is 0 Å². The molecule has 2 heterocycles. The van der Waals surface area contributed by atoms with Crippen LogP contribution in [0.5, 0.6) is 0 Å². The molecule has 2 unspecified atom stereocenters. The summed E-state index contributed by atoms with van der Waals surface area (Å²) in [4.78, 5) is 15.9. The van der Waals surface area contributed by atoms with Gasteiger partial charge in [-0.3, -0.25) is 9.78 Å². The third-order valence-electron chi connectivity index (χ3n) is 6.53. The lowest BCUT2D eigenvalue weighted by molar-refractivity contribution is -0.137. The van der Waals surface area contributed by atoms with E-state index in [0.29, 0.717) is 18.4 Å². The van der Waals surface area contributed by atoms with Gasteiger partial charge >= 0.3 is 5.97 Å². The van der Waals surface area contributed by atoms with E-state index in [2.05, 4.69) is 35.4 Å². The number of aromatic nitrogens is 1. The molecule has 0 radical (unpaired) electrons. The number of rotatable bonds is 11. The lowest BCUT2D eigenvalue weighted by atomic mass is 9.78. The minimum absolute atomic E-state index is 0.00698. The third kappa shape index (κ3) is 6.30. The molecule has 1 saturated heterocycles. The van der Waals surface area contributed by atoms with Crippen molar-refractivity contribution >= 4 is 17.3 Å². The molecule has 1 aliphatic rings. The first-order valence-electron chi connectivity index (χ1n) is 11.7. The number of aliphatic carboxylic acids is 1. The first kappa shape index (κ1) is 24.2. The maximum atomic E-state index is 11.4. The fourth-order valence-electron chi connectivity index (χ4n) is 4.78. The number of nitrogens with one attached hydrogen (secondary N) is 1. The number of nitrogens with zero attached hydrogens (tertiary/aromatic N) is 1. The van der Waals surface area contributed by atoms with Gasteiger partial charge in [0.05, 0.1) is 30.6 Å². The van der Waals surface area contributed by atoms with Crippen LogP contribution in [0.15, 0.2) is 36.5 Å². The molecule has 32 heavy (non-hydrogen) atoms. The van der Waals surface area contributed by atoms with E-state index in [1.807, 2.05) is 25.3 Å². The summed E-state index contributed by atoms with van der Waals surface area (Å²) in [7, 11) is 1.66. The molecule has 0 amide bonds. The van der Waals surface area contributed by atoms with E-state index in [4.69, 9.17) is 9.47 Å². The summed E-state index contributed by atoms with van der Waals surface area (Å²) >= 11 is 0. The minimum atomic E-state index is -0.762. The lowest BCUT2D eigenvalue weighted by Crippen LogP contribution is -2.22. The summed E-state index contributed by atoms with van der Waals surface area (Å²) in [5.74, 6) is 0.244. The van der Waals surface area contributed by atoms with Gasteiger partial charge in [-0.25, -0.2) is 0 Å². The Morgan fingerprint density at radius 1 is 1.22 bits per heavy atom. The first-order chi connectivity index (χ1) is 15.5. The Labute approximate surface area is 191 Å². The Balaban J connectivity index is 1.96. The van der Waals surface area contributed by atoms with Gasteiger partial charge in [0.2, 0.25) is 0 Å². The monoisotopic (exact) mass is 440 g/mol. The van der Waals surface area contributed by atoms with Gasteiger partial charge < -0.3 is 19.9 Å². The van der Waals surface area contributed by atoms with Gasteiger partial charge in [-0.1, -0.05) is 26.0 Å². The van der Waals surface area contributed by atoms with E-state index < -0.39 is 5.97 Å². The predicted octanol–water partition coefficient (Wildman–Crippen LogP) is 5.86. The van der Waals surface area contributed by atoms with Crippen molar-refractivity contribution in [3.8, 4) is 0 Å². The van der Waals surface area contributed by atoms with Crippen LogP contribution in [0.3, 0.4) is 0 Å². The van der Waals surface area contributed by atoms with E-state index in [1.54, 1.807) is 7.11 Å². The van der Waals surface area contributed by atoms with E-state index in [1.165, 1.54) is 5.56 Å². The van der Waals surface area contributed by atoms with Crippen LogP contribution in [0.4, 0.5) is 11.4 Å². The van der Waals surface area contributed by atoms with Crippen LogP contribution in [0.1, 0.15) is 74.6 Å². The molecule has 1 aliphatic heterocycles. The molecule has 1 fully saturated rings. The highest BCUT2D eigenvalue weighted by atomic mass is 16.5. The molecule has 0 saturated carbocycles. The zero-order chi connectivity index (χ0) is 22.9. The molecule has 6 nitrogen and oxygen atoms in total. The molecule has 1 aromatic carbocycles. The van der Waals surface area contributed by atoms with Gasteiger partial charge in [0.15, 0.2) is 0 Å². The lowest BCUT2D eigenvalue weighted by Gasteiger charge is -2.32. The van der Waals surface area contributed by atoms with Crippen LogP contribution in [0.25, 0.3) is 0 Å². The van der Waals surface area contributed by atoms with Crippen LogP contribution < -0.4 is 5.32 Å². The summed E-state index contributed by atoms with van der Waals surface area (Å²) in [5, 5.41) is 12.9. The summed E-state index contributed by atoms with van der Waals surface area (Å²) in [6.07, 6.45) is 5.95. The first-order valence-corrected chi connectivity index (χ1v) is 11.7. The zero-order valence-corrected chi connectivity index (χ0v) is 19.5. The highest BCUT2D eigenvalue weighted by molar-refractivity contribution is 5.69. The molecule has 174 valence electrons. The fourth-order valence-corrected chi connectivity index (χ4v) is 4.78. The molecule has 1 aromatic heterocycles. The molecule has 0 bridgehead atoms. The van der Waals surface area contributed by atoms with Crippen molar-refractivity contribution in [3.05, 3.63) is 53.3 Å². The van der Waals surface area contributed by atoms with Crippen LogP contribution in [0, 0.1) is 5.92 Å². The average molecular weight is 441 g/mol. The maximum Gasteiger partial charge on any atom is 0.303 e. The number of hydrogen-bond donors (Lipinski definition) is 2. The molecular formula is C26H36N2O4. The van der Waals surface area contributed by atoms with Gasteiger partial charge in [0, 0.05) is 26.0 Å². The smallest absolute Gasteiger partial charge is 0.303 e. The van der Waals surface area contributed by atoms with Crippen molar-refractivity contribution in [2.24, 2.45) is 5.92 Å². The molecule has 2 atom stereocenters. The third-order valence-corrected chi connectivity index (χ3v) is 6.53. The van der Waals surface area contributed by atoms with Gasteiger partial charge in [-0.15, -0.1) is 0 Å². The molecular weight excluding hydrogens is 404 g/mol. The number of hydrogen-bond acceptors (Lipinski definition) is 5. The summed E-state index contributed by atoms with van der Waals surface area (Å²) in [6, 6.07) is 10.5. The van der Waals surface area contributed by atoms with Crippen LogP contribution in [0.2, 0.25) is 0 Å².